The number of carbonyl (C=O) groups is 3. The zero-order chi connectivity index (χ0) is 22.0. The van der Waals surface area contributed by atoms with Crippen molar-refractivity contribution in [3.63, 3.8) is 0 Å². The summed E-state index contributed by atoms with van der Waals surface area (Å²) in [5.41, 5.74) is 7.22. The van der Waals surface area contributed by atoms with Gasteiger partial charge in [0.2, 0.25) is 5.91 Å². The maximum Gasteiger partial charge on any atom is 0.337 e. The lowest BCUT2D eigenvalue weighted by Gasteiger charge is -2.35. The van der Waals surface area contributed by atoms with E-state index in [9.17, 15) is 19.5 Å². The first-order valence-electron chi connectivity index (χ1n) is 9.62. The van der Waals surface area contributed by atoms with Crippen molar-refractivity contribution < 1.29 is 19.5 Å². The molecule has 31 heavy (non-hydrogen) atoms. The number of hydrogen-bond acceptors (Lipinski definition) is 6. The summed E-state index contributed by atoms with van der Waals surface area (Å²) in [5, 5.41) is 11.9. The molecule has 1 aliphatic heterocycles. The highest BCUT2D eigenvalue weighted by molar-refractivity contribution is 6.00. The molecule has 1 aliphatic rings. The lowest BCUT2D eigenvalue weighted by molar-refractivity contribution is 0.0697. The Bertz CT molecular complexity index is 1170. The highest BCUT2D eigenvalue weighted by Gasteiger charge is 2.23. The minimum absolute atomic E-state index is 0.0382. The number of amides is 3. The number of nitrogens with one attached hydrogen (secondary N) is 1. The summed E-state index contributed by atoms with van der Waals surface area (Å²) in [5.74, 6) is -0.987. The lowest BCUT2D eigenvalue weighted by atomic mass is 10.2. The Morgan fingerprint density at radius 1 is 1.00 bits per heavy atom. The van der Waals surface area contributed by atoms with Crippen LogP contribution in [0.1, 0.15) is 20.7 Å². The number of piperazine rings is 1. The zero-order valence-electron chi connectivity index (χ0n) is 16.5. The maximum atomic E-state index is 12.6. The molecule has 0 bridgehead atoms. The van der Waals surface area contributed by atoms with Gasteiger partial charge >= 0.3 is 12.0 Å². The molecular formula is C21H20N6O4. The molecule has 158 valence electrons. The number of carboxylic acid groups (broad SMARTS) is 1. The van der Waals surface area contributed by atoms with Crippen LogP contribution < -0.4 is 16.0 Å². The van der Waals surface area contributed by atoms with Crippen LogP contribution in [-0.4, -0.2) is 64.1 Å². The minimum atomic E-state index is -1.10. The lowest BCUT2D eigenvalue weighted by Crippen LogP contribution is -2.50. The van der Waals surface area contributed by atoms with E-state index >= 15 is 0 Å². The van der Waals surface area contributed by atoms with Gasteiger partial charge in [-0.1, -0.05) is 12.1 Å². The van der Waals surface area contributed by atoms with Gasteiger partial charge in [-0.2, -0.15) is 0 Å². The standard InChI is InChI=1S/C21H20N6O4/c22-19(28)13-5-6-16-17(11-13)24-18(12-23-16)26-7-9-27(10-8-26)21(31)25-15-4-2-1-3-14(15)20(29)30/h1-6,11-12H,7-10H2,(H2,22,28)(H,25,31)(H,29,30). The molecule has 0 aliphatic carbocycles. The van der Waals surface area contributed by atoms with Gasteiger partial charge in [-0.25, -0.2) is 14.6 Å². The predicted octanol–water partition coefficient (Wildman–Crippen LogP) is 1.78. The number of aromatic nitrogens is 2. The van der Waals surface area contributed by atoms with Crippen LogP contribution in [-0.2, 0) is 0 Å². The van der Waals surface area contributed by atoms with Crippen molar-refractivity contribution >= 4 is 40.4 Å². The average molecular weight is 420 g/mol. The number of carbonyl (C=O) groups excluding carboxylic acids is 2. The topological polar surface area (TPSA) is 142 Å². The molecule has 0 radical (unpaired) electrons. The Morgan fingerprint density at radius 3 is 2.45 bits per heavy atom. The van der Waals surface area contributed by atoms with E-state index in [0.29, 0.717) is 48.6 Å². The third kappa shape index (κ3) is 4.22. The minimum Gasteiger partial charge on any atom is -0.478 e. The van der Waals surface area contributed by atoms with Crippen molar-refractivity contribution in [3.05, 3.63) is 59.8 Å². The average Bonchev–Trinajstić information content (AvgIpc) is 2.78. The summed E-state index contributed by atoms with van der Waals surface area (Å²) < 4.78 is 0. The van der Waals surface area contributed by atoms with Crippen LogP contribution in [0, 0.1) is 0 Å². The van der Waals surface area contributed by atoms with E-state index in [4.69, 9.17) is 5.73 Å². The Labute approximate surface area is 177 Å². The maximum absolute atomic E-state index is 12.6. The molecule has 10 nitrogen and oxygen atoms in total. The fourth-order valence-corrected chi connectivity index (χ4v) is 3.42. The molecule has 0 unspecified atom stereocenters. The van der Waals surface area contributed by atoms with Crippen LogP contribution in [0.15, 0.2) is 48.7 Å². The number of carboxylic acids is 1. The van der Waals surface area contributed by atoms with Crippen LogP contribution in [0.5, 0.6) is 0 Å². The van der Waals surface area contributed by atoms with E-state index in [1.807, 2.05) is 4.90 Å². The SMILES string of the molecule is NC(=O)c1ccc2ncc(N3CCN(C(=O)Nc4ccccc4C(=O)O)CC3)nc2c1. The first-order chi connectivity index (χ1) is 14.9. The molecule has 0 atom stereocenters. The Kier molecular flexibility index (Phi) is 5.35. The number of hydrogen-bond donors (Lipinski definition) is 3. The Morgan fingerprint density at radius 2 is 1.74 bits per heavy atom. The Balaban J connectivity index is 1.43. The van der Waals surface area contributed by atoms with E-state index in [-0.39, 0.29) is 17.3 Å². The highest BCUT2D eigenvalue weighted by Crippen LogP contribution is 2.20. The molecule has 10 heteroatoms. The number of aromatic carboxylic acids is 1. The van der Waals surface area contributed by atoms with Gasteiger partial charge < -0.3 is 26.0 Å². The number of benzene rings is 2. The van der Waals surface area contributed by atoms with Gasteiger partial charge in [-0.3, -0.25) is 9.78 Å². The van der Waals surface area contributed by atoms with Crippen LogP contribution in [0.4, 0.5) is 16.3 Å². The van der Waals surface area contributed by atoms with Crippen LogP contribution in [0.25, 0.3) is 11.0 Å². The van der Waals surface area contributed by atoms with E-state index in [2.05, 4.69) is 15.3 Å². The molecule has 0 spiro atoms. The van der Waals surface area contributed by atoms with Crippen molar-refractivity contribution in [3.8, 4) is 0 Å². The molecule has 3 amide bonds. The van der Waals surface area contributed by atoms with E-state index in [1.54, 1.807) is 47.5 Å². The van der Waals surface area contributed by atoms with Crippen molar-refractivity contribution in [1.29, 1.82) is 0 Å². The number of fused-ring (bicyclic) bond motifs is 1. The fourth-order valence-electron chi connectivity index (χ4n) is 3.42. The second-order valence-electron chi connectivity index (χ2n) is 7.05. The zero-order valence-corrected chi connectivity index (χ0v) is 16.5. The number of urea groups is 1. The molecule has 1 fully saturated rings. The molecule has 1 aromatic heterocycles. The van der Waals surface area contributed by atoms with Gasteiger partial charge in [0.1, 0.15) is 5.82 Å². The normalized spacial score (nSPS) is 13.8. The number of primary amides is 1. The van der Waals surface area contributed by atoms with Crippen LogP contribution in [0.2, 0.25) is 0 Å². The van der Waals surface area contributed by atoms with Gasteiger partial charge in [-0.05, 0) is 30.3 Å². The third-order valence-electron chi connectivity index (χ3n) is 5.10. The van der Waals surface area contributed by atoms with E-state index in [1.165, 1.54) is 6.07 Å². The summed E-state index contributed by atoms with van der Waals surface area (Å²) >= 11 is 0. The molecule has 2 aromatic carbocycles. The Hall–Kier alpha value is -4.21. The largest absolute Gasteiger partial charge is 0.478 e. The van der Waals surface area contributed by atoms with Gasteiger partial charge in [0.15, 0.2) is 0 Å². The first-order valence-corrected chi connectivity index (χ1v) is 9.62. The summed E-state index contributed by atoms with van der Waals surface area (Å²) in [7, 11) is 0. The van der Waals surface area contributed by atoms with Crippen molar-refractivity contribution in [1.82, 2.24) is 14.9 Å². The van der Waals surface area contributed by atoms with Crippen molar-refractivity contribution in [2.75, 3.05) is 36.4 Å². The predicted molar refractivity (Wildman–Crippen MR) is 114 cm³/mol. The summed E-state index contributed by atoms with van der Waals surface area (Å²) in [6.45, 7) is 1.93. The van der Waals surface area contributed by atoms with Crippen molar-refractivity contribution in [2.45, 2.75) is 0 Å². The summed E-state index contributed by atoms with van der Waals surface area (Å²) in [6, 6.07) is 10.8. The quantitative estimate of drug-likeness (QED) is 0.584. The number of para-hydroxylation sites is 1. The second kappa shape index (κ2) is 8.27. The molecule has 0 saturated carbocycles. The first kappa shape index (κ1) is 20.1. The number of anilines is 2. The van der Waals surface area contributed by atoms with E-state index < -0.39 is 11.9 Å². The summed E-state index contributed by atoms with van der Waals surface area (Å²) in [6.07, 6.45) is 1.66. The molecule has 1 saturated heterocycles. The van der Waals surface area contributed by atoms with E-state index in [0.717, 1.165) is 0 Å². The molecule has 4 N–H and O–H groups in total. The van der Waals surface area contributed by atoms with Crippen LogP contribution in [0.3, 0.4) is 0 Å². The molecular weight excluding hydrogens is 400 g/mol. The number of nitrogens with zero attached hydrogens (tertiary/aromatic N) is 4. The molecule has 2 heterocycles. The fraction of sp³-hybridized carbons (Fsp3) is 0.190. The smallest absolute Gasteiger partial charge is 0.337 e. The third-order valence-corrected chi connectivity index (χ3v) is 5.10. The van der Waals surface area contributed by atoms with Gasteiger partial charge in [-0.15, -0.1) is 0 Å². The van der Waals surface area contributed by atoms with Crippen LogP contribution >= 0.6 is 0 Å². The second-order valence-corrected chi connectivity index (χ2v) is 7.05. The summed E-state index contributed by atoms with van der Waals surface area (Å²) in [4.78, 5) is 47.9. The monoisotopic (exact) mass is 420 g/mol. The van der Waals surface area contributed by atoms with Gasteiger partial charge in [0, 0.05) is 31.7 Å². The molecule has 3 aromatic rings. The van der Waals surface area contributed by atoms with Gasteiger partial charge in [0.25, 0.3) is 0 Å². The number of rotatable bonds is 4. The number of nitrogens with two attached hydrogens (primary N) is 1. The highest BCUT2D eigenvalue weighted by atomic mass is 16.4. The van der Waals surface area contributed by atoms with Crippen molar-refractivity contribution in [2.24, 2.45) is 5.73 Å². The molecule has 4 rings (SSSR count). The van der Waals surface area contributed by atoms with Gasteiger partial charge in [0.05, 0.1) is 28.5 Å².